The van der Waals surface area contributed by atoms with Crippen LogP contribution in [0, 0.1) is 0 Å². The maximum absolute atomic E-state index is 13.0. The summed E-state index contributed by atoms with van der Waals surface area (Å²) in [5, 5.41) is 0. The summed E-state index contributed by atoms with van der Waals surface area (Å²) in [5.74, 6) is 1.05. The summed E-state index contributed by atoms with van der Waals surface area (Å²) in [7, 11) is 0. The molecule has 3 aliphatic rings. The minimum absolute atomic E-state index is 0.0282. The fourth-order valence-corrected chi connectivity index (χ4v) is 4.62. The van der Waals surface area contributed by atoms with E-state index in [0.29, 0.717) is 56.4 Å². The lowest BCUT2D eigenvalue weighted by atomic mass is 10.1. The van der Waals surface area contributed by atoms with Crippen LogP contribution in [0.4, 0.5) is 13.2 Å². The van der Waals surface area contributed by atoms with Crippen molar-refractivity contribution in [2.75, 3.05) is 19.6 Å². The highest BCUT2D eigenvalue weighted by atomic mass is 19.4. The van der Waals surface area contributed by atoms with Crippen molar-refractivity contribution in [3.8, 4) is 5.88 Å². The van der Waals surface area contributed by atoms with Gasteiger partial charge >= 0.3 is 6.18 Å². The molecule has 2 saturated heterocycles. The highest BCUT2D eigenvalue weighted by Gasteiger charge is 2.39. The van der Waals surface area contributed by atoms with Crippen molar-refractivity contribution in [3.63, 3.8) is 0 Å². The average molecular weight is 446 g/mol. The third-order valence-electron chi connectivity index (χ3n) is 6.40. The molecule has 6 nitrogen and oxygen atoms in total. The number of ether oxygens (including phenoxy) is 1. The van der Waals surface area contributed by atoms with E-state index >= 15 is 0 Å². The molecule has 5 rings (SSSR count). The van der Waals surface area contributed by atoms with E-state index in [2.05, 4.69) is 14.9 Å². The third-order valence-corrected chi connectivity index (χ3v) is 6.40. The molecule has 3 heterocycles. The molecule has 9 heteroatoms. The minimum atomic E-state index is -4.36. The first kappa shape index (κ1) is 21.2. The molecule has 2 aliphatic heterocycles. The first-order valence-corrected chi connectivity index (χ1v) is 11.0. The van der Waals surface area contributed by atoms with Crippen molar-refractivity contribution < 1.29 is 22.7 Å². The van der Waals surface area contributed by atoms with Gasteiger partial charge in [-0.15, -0.1) is 0 Å². The van der Waals surface area contributed by atoms with Crippen molar-refractivity contribution in [1.82, 2.24) is 19.8 Å². The highest BCUT2D eigenvalue weighted by molar-refractivity contribution is 5.77. The maximum atomic E-state index is 13.0. The van der Waals surface area contributed by atoms with Crippen LogP contribution in [-0.2, 0) is 17.5 Å². The highest BCUT2D eigenvalue weighted by Crippen LogP contribution is 2.38. The average Bonchev–Trinajstić information content (AvgIpc) is 3.55. The van der Waals surface area contributed by atoms with Gasteiger partial charge in [0.25, 0.3) is 0 Å². The molecule has 2 aromatic rings. The van der Waals surface area contributed by atoms with Gasteiger partial charge in [0.1, 0.15) is 6.10 Å². The summed E-state index contributed by atoms with van der Waals surface area (Å²) in [5.41, 5.74) is 0.946. The molecule has 0 spiro atoms. The molecule has 32 heavy (non-hydrogen) atoms. The van der Waals surface area contributed by atoms with Crippen molar-refractivity contribution >= 4 is 5.91 Å². The first-order valence-electron chi connectivity index (χ1n) is 11.0. The van der Waals surface area contributed by atoms with Gasteiger partial charge in [-0.25, -0.2) is 4.98 Å². The van der Waals surface area contributed by atoms with E-state index in [9.17, 15) is 18.0 Å². The molecule has 3 fully saturated rings. The van der Waals surface area contributed by atoms with E-state index in [1.165, 1.54) is 12.1 Å². The van der Waals surface area contributed by atoms with Gasteiger partial charge in [-0.3, -0.25) is 14.7 Å². The number of carbonyl (C=O) groups is 1. The van der Waals surface area contributed by atoms with Gasteiger partial charge in [0.15, 0.2) is 0 Å². The monoisotopic (exact) mass is 446 g/mol. The summed E-state index contributed by atoms with van der Waals surface area (Å²) in [6.45, 7) is 2.00. The van der Waals surface area contributed by atoms with Crippen molar-refractivity contribution in [2.24, 2.45) is 0 Å². The number of halogens is 3. The van der Waals surface area contributed by atoms with E-state index in [-0.39, 0.29) is 18.1 Å². The van der Waals surface area contributed by atoms with Crippen LogP contribution in [0.1, 0.15) is 48.4 Å². The van der Waals surface area contributed by atoms with Crippen molar-refractivity contribution in [3.05, 3.63) is 53.5 Å². The van der Waals surface area contributed by atoms with Gasteiger partial charge in [0.05, 0.1) is 30.2 Å². The molecule has 170 valence electrons. The van der Waals surface area contributed by atoms with Gasteiger partial charge in [0, 0.05) is 44.4 Å². The number of benzene rings is 1. The smallest absolute Gasteiger partial charge is 0.416 e. The normalized spacial score (nSPS) is 24.3. The van der Waals surface area contributed by atoms with Crippen LogP contribution in [0.25, 0.3) is 0 Å². The van der Waals surface area contributed by atoms with Gasteiger partial charge in [-0.1, -0.05) is 18.2 Å². The van der Waals surface area contributed by atoms with Crippen LogP contribution in [0.3, 0.4) is 0 Å². The topological polar surface area (TPSA) is 58.6 Å². The second-order valence-electron chi connectivity index (χ2n) is 8.91. The number of aromatic nitrogens is 2. The molecular formula is C23H25F3N4O2. The lowest BCUT2D eigenvalue weighted by molar-refractivity contribution is -0.137. The number of nitrogens with zero attached hydrogens (tertiary/aromatic N) is 4. The summed E-state index contributed by atoms with van der Waals surface area (Å²) in [4.78, 5) is 25.4. The van der Waals surface area contributed by atoms with E-state index in [1.54, 1.807) is 18.5 Å². The Morgan fingerprint density at radius 3 is 2.69 bits per heavy atom. The number of rotatable bonds is 5. The number of fused-ring (bicyclic) bond motifs is 1. The summed E-state index contributed by atoms with van der Waals surface area (Å²) >= 11 is 0. The predicted molar refractivity (Wildman–Crippen MR) is 110 cm³/mol. The molecule has 1 saturated carbocycles. The fraction of sp³-hybridized carbons (Fsp3) is 0.522. The largest absolute Gasteiger partial charge is 0.471 e. The second-order valence-corrected chi connectivity index (χ2v) is 8.91. The molecular weight excluding hydrogens is 421 g/mol. The van der Waals surface area contributed by atoms with E-state index in [0.717, 1.165) is 24.6 Å². The summed E-state index contributed by atoms with van der Waals surface area (Å²) < 4.78 is 45.1. The van der Waals surface area contributed by atoms with Crippen LogP contribution in [0.2, 0.25) is 0 Å². The fourth-order valence-electron chi connectivity index (χ4n) is 4.62. The SMILES string of the molecule is O=C1CCN(Cc2cccc(C(F)(F)F)c2)C[C@@H]2C[C@H](Oc3cnc(C4CC4)cn3)CN12. The van der Waals surface area contributed by atoms with Crippen LogP contribution in [-0.4, -0.2) is 57.5 Å². The number of hydrogen-bond acceptors (Lipinski definition) is 5. The Morgan fingerprint density at radius 1 is 1.12 bits per heavy atom. The molecule has 1 aromatic heterocycles. The zero-order valence-corrected chi connectivity index (χ0v) is 17.6. The van der Waals surface area contributed by atoms with Crippen molar-refractivity contribution in [2.45, 2.75) is 56.5 Å². The zero-order chi connectivity index (χ0) is 22.3. The Kier molecular flexibility index (Phi) is 5.53. The quantitative estimate of drug-likeness (QED) is 0.702. The summed E-state index contributed by atoms with van der Waals surface area (Å²) in [6, 6.07) is 5.37. The summed E-state index contributed by atoms with van der Waals surface area (Å²) in [6.07, 6.45) is 2.21. The first-order chi connectivity index (χ1) is 15.3. The van der Waals surface area contributed by atoms with Gasteiger partial charge < -0.3 is 9.64 Å². The second kappa shape index (κ2) is 8.35. The Labute approximate surface area is 184 Å². The van der Waals surface area contributed by atoms with Crippen LogP contribution >= 0.6 is 0 Å². The lowest BCUT2D eigenvalue weighted by Crippen LogP contribution is -2.38. The molecule has 1 aromatic carbocycles. The Bertz CT molecular complexity index is 978. The number of carbonyl (C=O) groups excluding carboxylic acids is 1. The zero-order valence-electron chi connectivity index (χ0n) is 17.6. The predicted octanol–water partition coefficient (Wildman–Crippen LogP) is 3.63. The molecule has 1 amide bonds. The van der Waals surface area contributed by atoms with Crippen LogP contribution in [0.15, 0.2) is 36.7 Å². The Balaban J connectivity index is 1.22. The maximum Gasteiger partial charge on any atom is 0.416 e. The number of hydrogen-bond donors (Lipinski definition) is 0. The molecule has 0 bridgehead atoms. The molecule has 0 unspecified atom stereocenters. The molecule has 0 radical (unpaired) electrons. The standard InChI is InChI=1S/C23H25F3N4O2/c24-23(25,26)17-3-1-2-15(8-17)12-29-7-6-22(31)30-14-19(9-18(30)13-29)32-21-11-27-20(10-28-21)16-4-5-16/h1-3,8,10-11,16,18-19H,4-7,9,12-14H2/t18-,19-/m0/s1. The molecule has 2 atom stereocenters. The Hall–Kier alpha value is -2.68. The van der Waals surface area contributed by atoms with Gasteiger partial charge in [-0.05, 0) is 24.5 Å². The van der Waals surface area contributed by atoms with E-state index < -0.39 is 11.7 Å². The third kappa shape index (κ3) is 4.72. The molecule has 1 aliphatic carbocycles. The lowest BCUT2D eigenvalue weighted by Gasteiger charge is -2.25. The molecule has 0 N–H and O–H groups in total. The van der Waals surface area contributed by atoms with E-state index in [1.807, 2.05) is 4.90 Å². The number of alkyl halides is 3. The van der Waals surface area contributed by atoms with Gasteiger partial charge in [-0.2, -0.15) is 13.2 Å². The van der Waals surface area contributed by atoms with Crippen LogP contribution < -0.4 is 4.74 Å². The van der Waals surface area contributed by atoms with E-state index in [4.69, 9.17) is 4.74 Å². The minimum Gasteiger partial charge on any atom is -0.471 e. The number of amides is 1. The Morgan fingerprint density at radius 2 is 1.97 bits per heavy atom. The van der Waals surface area contributed by atoms with Gasteiger partial charge in [0.2, 0.25) is 11.8 Å². The van der Waals surface area contributed by atoms with Crippen LogP contribution in [0.5, 0.6) is 5.88 Å². The van der Waals surface area contributed by atoms with Crippen molar-refractivity contribution in [1.29, 1.82) is 0 Å².